The summed E-state index contributed by atoms with van der Waals surface area (Å²) in [6.45, 7) is 1.95. The van der Waals surface area contributed by atoms with Crippen molar-refractivity contribution in [3.8, 4) is 5.13 Å². The zero-order valence-corrected chi connectivity index (χ0v) is 11.9. The van der Waals surface area contributed by atoms with Crippen molar-refractivity contribution < 1.29 is 13.9 Å². The van der Waals surface area contributed by atoms with Crippen molar-refractivity contribution in [3.63, 3.8) is 0 Å². The molecule has 0 fully saturated rings. The average molecular weight is 306 g/mol. The number of nitrogen functional groups attached to an aromatic ring is 1. The summed E-state index contributed by atoms with van der Waals surface area (Å²) < 4.78 is 20.5. The largest absolute Gasteiger partial charge is 0.462 e. The number of benzene rings is 1. The number of nitrogens with two attached hydrogens (primary N) is 1. The van der Waals surface area contributed by atoms with Gasteiger partial charge in [0.1, 0.15) is 22.7 Å². The molecule has 0 aliphatic carbocycles. The Balaban J connectivity index is 2.07. The zero-order chi connectivity index (χ0) is 15.0. The SMILES string of the molecule is CCOC(=O)c1cnn(-c2nc3c(F)cccc3s2)c1N. The van der Waals surface area contributed by atoms with Gasteiger partial charge in [0.15, 0.2) is 0 Å². The van der Waals surface area contributed by atoms with Crippen LogP contribution in [0, 0.1) is 5.82 Å². The number of para-hydroxylation sites is 1. The van der Waals surface area contributed by atoms with E-state index in [0.29, 0.717) is 9.83 Å². The Morgan fingerprint density at radius 3 is 3.05 bits per heavy atom. The van der Waals surface area contributed by atoms with Gasteiger partial charge >= 0.3 is 5.97 Å². The minimum atomic E-state index is -0.548. The lowest BCUT2D eigenvalue weighted by Gasteiger charge is -2.01. The minimum absolute atomic E-state index is 0.118. The first-order valence-electron chi connectivity index (χ1n) is 6.18. The van der Waals surface area contributed by atoms with Crippen molar-refractivity contribution in [2.24, 2.45) is 0 Å². The third kappa shape index (κ3) is 2.23. The van der Waals surface area contributed by atoms with Crippen molar-refractivity contribution >= 4 is 33.3 Å². The van der Waals surface area contributed by atoms with Crippen LogP contribution in [0.4, 0.5) is 10.2 Å². The number of ether oxygens (including phenoxy) is 1. The fourth-order valence-electron chi connectivity index (χ4n) is 1.87. The first-order chi connectivity index (χ1) is 10.1. The van der Waals surface area contributed by atoms with Crippen LogP contribution in [0.1, 0.15) is 17.3 Å². The van der Waals surface area contributed by atoms with Gasteiger partial charge in [0, 0.05) is 0 Å². The van der Waals surface area contributed by atoms with Crippen LogP contribution in [0.15, 0.2) is 24.4 Å². The summed E-state index contributed by atoms with van der Waals surface area (Å²) in [6.07, 6.45) is 1.32. The zero-order valence-electron chi connectivity index (χ0n) is 11.0. The van der Waals surface area contributed by atoms with Crippen molar-refractivity contribution in [1.29, 1.82) is 0 Å². The Bertz CT molecular complexity index is 827. The first kappa shape index (κ1) is 13.5. The third-order valence-electron chi connectivity index (χ3n) is 2.84. The second-order valence-electron chi connectivity index (χ2n) is 4.16. The molecule has 2 aromatic heterocycles. The predicted molar refractivity (Wildman–Crippen MR) is 77.1 cm³/mol. The fraction of sp³-hybridized carbons (Fsp3) is 0.154. The maximum atomic E-state index is 13.7. The van der Waals surface area contributed by atoms with Crippen molar-refractivity contribution in [3.05, 3.63) is 35.8 Å². The summed E-state index contributed by atoms with van der Waals surface area (Å²) in [5.74, 6) is -0.840. The lowest BCUT2D eigenvalue weighted by molar-refractivity contribution is 0.0527. The topological polar surface area (TPSA) is 83.0 Å². The normalized spacial score (nSPS) is 11.0. The summed E-state index contributed by atoms with van der Waals surface area (Å²) in [4.78, 5) is 15.9. The number of anilines is 1. The van der Waals surface area contributed by atoms with Crippen LogP contribution in [-0.2, 0) is 4.74 Å². The second-order valence-corrected chi connectivity index (χ2v) is 5.17. The molecule has 3 aromatic rings. The molecule has 21 heavy (non-hydrogen) atoms. The van der Waals surface area contributed by atoms with Crippen molar-refractivity contribution in [2.45, 2.75) is 6.92 Å². The molecule has 0 radical (unpaired) electrons. The van der Waals surface area contributed by atoms with Crippen molar-refractivity contribution in [1.82, 2.24) is 14.8 Å². The minimum Gasteiger partial charge on any atom is -0.462 e. The summed E-state index contributed by atoms with van der Waals surface area (Å²) in [7, 11) is 0. The molecule has 2 N–H and O–H groups in total. The van der Waals surface area contributed by atoms with E-state index >= 15 is 0 Å². The molecule has 0 bridgehead atoms. The molecule has 108 valence electrons. The van der Waals surface area contributed by atoms with E-state index in [1.165, 1.54) is 28.3 Å². The summed E-state index contributed by atoms with van der Waals surface area (Å²) in [5, 5.41) is 4.42. The average Bonchev–Trinajstić information content (AvgIpc) is 3.03. The third-order valence-corrected chi connectivity index (χ3v) is 3.84. The quantitative estimate of drug-likeness (QED) is 0.751. The smallest absolute Gasteiger partial charge is 0.343 e. The maximum Gasteiger partial charge on any atom is 0.343 e. The molecule has 3 rings (SSSR count). The predicted octanol–water partition coefficient (Wildman–Crippen LogP) is 2.38. The standard InChI is InChI=1S/C13H11FN4O2S/c1-2-20-12(19)7-6-16-18(11(7)15)13-17-10-8(14)4-3-5-9(10)21-13/h3-6H,2,15H2,1H3. The van der Waals surface area contributed by atoms with Gasteiger partial charge in [-0.3, -0.25) is 0 Å². The van der Waals surface area contributed by atoms with E-state index in [1.54, 1.807) is 19.1 Å². The Hall–Kier alpha value is -2.48. The number of hydrogen-bond donors (Lipinski definition) is 1. The molecule has 0 spiro atoms. The monoisotopic (exact) mass is 306 g/mol. The van der Waals surface area contributed by atoms with Gasteiger partial charge in [0.05, 0.1) is 17.5 Å². The highest BCUT2D eigenvalue weighted by atomic mass is 32.1. The highest BCUT2D eigenvalue weighted by molar-refractivity contribution is 7.20. The van der Waals surface area contributed by atoms with Crippen molar-refractivity contribution in [2.75, 3.05) is 12.3 Å². The second kappa shape index (κ2) is 5.13. The molecule has 2 heterocycles. The van der Waals surface area contributed by atoms with Gasteiger partial charge in [0.25, 0.3) is 0 Å². The molecule has 0 unspecified atom stereocenters. The van der Waals surface area contributed by atoms with E-state index in [1.807, 2.05) is 0 Å². The highest BCUT2D eigenvalue weighted by Gasteiger charge is 2.19. The molecular weight excluding hydrogens is 295 g/mol. The number of aromatic nitrogens is 3. The van der Waals surface area contributed by atoms with Crippen LogP contribution in [0.3, 0.4) is 0 Å². The maximum absolute atomic E-state index is 13.7. The Morgan fingerprint density at radius 1 is 1.52 bits per heavy atom. The molecule has 0 saturated carbocycles. The molecule has 1 aromatic carbocycles. The summed E-state index contributed by atoms with van der Waals surface area (Å²) in [6, 6.07) is 4.70. The van der Waals surface area contributed by atoms with E-state index in [0.717, 1.165) is 0 Å². The first-order valence-corrected chi connectivity index (χ1v) is 6.99. The van der Waals surface area contributed by atoms with Gasteiger partial charge in [-0.25, -0.2) is 14.2 Å². The van der Waals surface area contributed by atoms with Crippen LogP contribution in [-0.4, -0.2) is 27.3 Å². The van der Waals surface area contributed by atoms with Gasteiger partial charge in [-0.05, 0) is 19.1 Å². The molecule has 8 heteroatoms. The van der Waals surface area contributed by atoms with Crippen LogP contribution >= 0.6 is 11.3 Å². The van der Waals surface area contributed by atoms with Crippen LogP contribution in [0.5, 0.6) is 0 Å². The van der Waals surface area contributed by atoms with E-state index in [2.05, 4.69) is 10.1 Å². The summed E-state index contributed by atoms with van der Waals surface area (Å²) >= 11 is 1.23. The van der Waals surface area contributed by atoms with E-state index in [-0.39, 0.29) is 23.5 Å². The molecule has 0 atom stereocenters. The number of rotatable bonds is 3. The van der Waals surface area contributed by atoms with E-state index in [9.17, 15) is 9.18 Å². The molecular formula is C13H11FN4O2S. The summed E-state index contributed by atoms with van der Waals surface area (Å²) in [5.41, 5.74) is 6.32. The number of thiazole rings is 1. The molecule has 0 saturated heterocycles. The highest BCUT2D eigenvalue weighted by Crippen LogP contribution is 2.28. The van der Waals surface area contributed by atoms with Gasteiger partial charge in [0.2, 0.25) is 5.13 Å². The van der Waals surface area contributed by atoms with Crippen LogP contribution < -0.4 is 5.73 Å². The van der Waals surface area contributed by atoms with Gasteiger partial charge < -0.3 is 10.5 Å². The van der Waals surface area contributed by atoms with Gasteiger partial charge in [-0.1, -0.05) is 17.4 Å². The number of nitrogens with zero attached hydrogens (tertiary/aromatic N) is 3. The Morgan fingerprint density at radius 2 is 2.33 bits per heavy atom. The lowest BCUT2D eigenvalue weighted by Crippen LogP contribution is -2.08. The molecule has 6 nitrogen and oxygen atoms in total. The van der Waals surface area contributed by atoms with Crippen LogP contribution in [0.25, 0.3) is 15.3 Å². The number of hydrogen-bond acceptors (Lipinski definition) is 6. The molecule has 0 amide bonds. The van der Waals surface area contributed by atoms with E-state index < -0.39 is 11.8 Å². The molecule has 0 aliphatic heterocycles. The Kier molecular flexibility index (Phi) is 3.30. The van der Waals surface area contributed by atoms with E-state index in [4.69, 9.17) is 10.5 Å². The number of carbonyl (C=O) groups excluding carboxylic acids is 1. The Labute approximate surface area is 123 Å². The fourth-order valence-corrected chi connectivity index (χ4v) is 2.82. The number of fused-ring (bicyclic) bond motifs is 1. The number of esters is 1. The van der Waals surface area contributed by atoms with Crippen LogP contribution in [0.2, 0.25) is 0 Å². The lowest BCUT2D eigenvalue weighted by atomic mass is 10.3. The number of halogens is 1. The number of carbonyl (C=O) groups is 1. The van der Waals surface area contributed by atoms with Gasteiger partial charge in [-0.2, -0.15) is 9.78 Å². The molecule has 0 aliphatic rings. The van der Waals surface area contributed by atoms with Gasteiger partial charge in [-0.15, -0.1) is 0 Å².